The van der Waals surface area contributed by atoms with Gasteiger partial charge in [0.25, 0.3) is 0 Å². The zero-order chi connectivity index (χ0) is 14.5. The molecule has 0 radical (unpaired) electrons. The summed E-state index contributed by atoms with van der Waals surface area (Å²) < 4.78 is 5.17. The van der Waals surface area contributed by atoms with E-state index in [9.17, 15) is 4.79 Å². The van der Waals surface area contributed by atoms with Gasteiger partial charge in [-0.1, -0.05) is 0 Å². The van der Waals surface area contributed by atoms with Gasteiger partial charge in [0.15, 0.2) is 0 Å². The van der Waals surface area contributed by atoms with Gasteiger partial charge in [0.2, 0.25) is 0 Å². The van der Waals surface area contributed by atoms with Gasteiger partial charge in [-0.2, -0.15) is 5.10 Å². The van der Waals surface area contributed by atoms with Crippen LogP contribution in [0.4, 0.5) is 4.79 Å². The Morgan fingerprint density at radius 1 is 1.47 bits per heavy atom. The first-order valence-electron chi connectivity index (χ1n) is 6.49. The van der Waals surface area contributed by atoms with Crippen molar-refractivity contribution >= 4 is 6.09 Å². The third-order valence-corrected chi connectivity index (χ3v) is 2.51. The molecule has 0 aliphatic rings. The molecule has 0 saturated carbocycles. The molecule has 108 valence electrons. The van der Waals surface area contributed by atoms with Gasteiger partial charge < -0.3 is 15.4 Å². The number of nitrogens with zero attached hydrogens (tertiary/aromatic N) is 1. The number of carbonyl (C=O) groups is 1. The van der Waals surface area contributed by atoms with Crippen LogP contribution in [0.5, 0.6) is 0 Å². The number of H-pyrrole nitrogens is 1. The standard InChI is InChI=1S/C13H24N4O2/c1-9(6-14-12(18)19-13(3,4)5)17-10(2)11-7-15-16-8-11/h7-10,17H,6H2,1-5H3,(H,14,18)(H,15,16). The summed E-state index contributed by atoms with van der Waals surface area (Å²) in [6.07, 6.45) is 3.24. The summed E-state index contributed by atoms with van der Waals surface area (Å²) >= 11 is 0. The highest BCUT2D eigenvalue weighted by Crippen LogP contribution is 2.10. The third-order valence-electron chi connectivity index (χ3n) is 2.51. The Labute approximate surface area is 114 Å². The Morgan fingerprint density at radius 3 is 2.68 bits per heavy atom. The number of rotatable bonds is 5. The number of alkyl carbamates (subject to hydrolysis) is 1. The van der Waals surface area contributed by atoms with E-state index in [1.807, 2.05) is 33.9 Å². The van der Waals surface area contributed by atoms with Crippen molar-refractivity contribution in [1.29, 1.82) is 0 Å². The van der Waals surface area contributed by atoms with Crippen LogP contribution in [0.2, 0.25) is 0 Å². The second-order valence-corrected chi connectivity index (χ2v) is 5.70. The number of aromatic nitrogens is 2. The molecule has 1 aromatic heterocycles. The molecule has 19 heavy (non-hydrogen) atoms. The van der Waals surface area contributed by atoms with E-state index >= 15 is 0 Å². The predicted octanol–water partition coefficient (Wildman–Crippen LogP) is 1.97. The van der Waals surface area contributed by atoms with Gasteiger partial charge in [-0.15, -0.1) is 0 Å². The monoisotopic (exact) mass is 268 g/mol. The molecular formula is C13H24N4O2. The van der Waals surface area contributed by atoms with Gasteiger partial charge in [0.1, 0.15) is 5.60 Å². The van der Waals surface area contributed by atoms with Crippen LogP contribution in [-0.4, -0.2) is 34.5 Å². The molecule has 0 fully saturated rings. The van der Waals surface area contributed by atoms with E-state index in [1.54, 1.807) is 6.20 Å². The van der Waals surface area contributed by atoms with Crippen LogP contribution < -0.4 is 10.6 Å². The quantitative estimate of drug-likeness (QED) is 0.763. The number of hydrogen-bond acceptors (Lipinski definition) is 4. The molecular weight excluding hydrogens is 244 g/mol. The molecule has 3 N–H and O–H groups in total. The summed E-state index contributed by atoms with van der Waals surface area (Å²) in [5, 5.41) is 12.8. The minimum Gasteiger partial charge on any atom is -0.444 e. The van der Waals surface area contributed by atoms with Gasteiger partial charge in [0, 0.05) is 30.4 Å². The van der Waals surface area contributed by atoms with Gasteiger partial charge in [0.05, 0.1) is 6.20 Å². The van der Waals surface area contributed by atoms with Gasteiger partial charge in [-0.3, -0.25) is 5.10 Å². The molecule has 1 heterocycles. The van der Waals surface area contributed by atoms with Crippen LogP contribution in [0, 0.1) is 0 Å². The van der Waals surface area contributed by atoms with E-state index in [2.05, 4.69) is 27.8 Å². The van der Waals surface area contributed by atoms with Crippen molar-refractivity contribution in [2.75, 3.05) is 6.54 Å². The highest BCUT2D eigenvalue weighted by molar-refractivity contribution is 5.67. The highest BCUT2D eigenvalue weighted by Gasteiger charge is 2.17. The Balaban J connectivity index is 2.28. The number of carbonyl (C=O) groups excluding carboxylic acids is 1. The van der Waals surface area contributed by atoms with Crippen molar-refractivity contribution in [2.24, 2.45) is 0 Å². The topological polar surface area (TPSA) is 79.0 Å². The molecule has 6 nitrogen and oxygen atoms in total. The van der Waals surface area contributed by atoms with E-state index in [0.717, 1.165) is 5.56 Å². The van der Waals surface area contributed by atoms with Crippen molar-refractivity contribution < 1.29 is 9.53 Å². The van der Waals surface area contributed by atoms with Crippen LogP contribution in [0.25, 0.3) is 0 Å². The van der Waals surface area contributed by atoms with Gasteiger partial charge in [-0.25, -0.2) is 4.79 Å². The van der Waals surface area contributed by atoms with Crippen molar-refractivity contribution in [3.05, 3.63) is 18.0 Å². The maximum atomic E-state index is 11.5. The fraction of sp³-hybridized carbons (Fsp3) is 0.692. The maximum absolute atomic E-state index is 11.5. The van der Waals surface area contributed by atoms with E-state index in [4.69, 9.17) is 4.74 Å². The van der Waals surface area contributed by atoms with E-state index in [-0.39, 0.29) is 12.1 Å². The average Bonchev–Trinajstić information content (AvgIpc) is 2.77. The van der Waals surface area contributed by atoms with Crippen LogP contribution in [0.15, 0.2) is 12.4 Å². The molecule has 0 bridgehead atoms. The molecule has 0 saturated heterocycles. The van der Waals surface area contributed by atoms with Crippen molar-refractivity contribution in [2.45, 2.75) is 52.3 Å². The van der Waals surface area contributed by atoms with E-state index in [0.29, 0.717) is 6.54 Å². The van der Waals surface area contributed by atoms with Crippen LogP contribution >= 0.6 is 0 Å². The fourth-order valence-electron chi connectivity index (χ4n) is 1.63. The first-order chi connectivity index (χ1) is 8.78. The Morgan fingerprint density at radius 2 is 2.16 bits per heavy atom. The SMILES string of the molecule is CC(CNC(=O)OC(C)(C)C)NC(C)c1cn[nH]c1. The van der Waals surface area contributed by atoms with E-state index in [1.165, 1.54) is 0 Å². The smallest absolute Gasteiger partial charge is 0.407 e. The number of nitrogens with one attached hydrogen (secondary N) is 3. The molecule has 0 aliphatic carbocycles. The molecule has 1 amide bonds. The summed E-state index contributed by atoms with van der Waals surface area (Å²) in [4.78, 5) is 11.5. The van der Waals surface area contributed by atoms with Crippen molar-refractivity contribution in [1.82, 2.24) is 20.8 Å². The average molecular weight is 268 g/mol. The lowest BCUT2D eigenvalue weighted by atomic mass is 10.1. The van der Waals surface area contributed by atoms with Crippen LogP contribution in [0.3, 0.4) is 0 Å². The Hall–Kier alpha value is -1.56. The molecule has 0 aromatic carbocycles. The number of ether oxygens (including phenoxy) is 1. The second-order valence-electron chi connectivity index (χ2n) is 5.70. The molecule has 1 aromatic rings. The maximum Gasteiger partial charge on any atom is 0.407 e. The van der Waals surface area contributed by atoms with Crippen LogP contribution in [-0.2, 0) is 4.74 Å². The first kappa shape index (κ1) is 15.5. The number of hydrogen-bond donors (Lipinski definition) is 3. The van der Waals surface area contributed by atoms with E-state index < -0.39 is 11.7 Å². The molecule has 1 rings (SSSR count). The Kier molecular flexibility index (Phi) is 5.35. The zero-order valence-electron chi connectivity index (χ0n) is 12.3. The molecule has 2 atom stereocenters. The molecule has 2 unspecified atom stereocenters. The molecule has 0 spiro atoms. The van der Waals surface area contributed by atoms with Crippen molar-refractivity contribution in [3.8, 4) is 0 Å². The number of amides is 1. The van der Waals surface area contributed by atoms with Gasteiger partial charge >= 0.3 is 6.09 Å². The van der Waals surface area contributed by atoms with Gasteiger partial charge in [-0.05, 0) is 34.6 Å². The summed E-state index contributed by atoms with van der Waals surface area (Å²) in [5.74, 6) is 0. The summed E-state index contributed by atoms with van der Waals surface area (Å²) in [6, 6.07) is 0.312. The summed E-state index contributed by atoms with van der Waals surface area (Å²) in [6.45, 7) is 10.1. The molecule has 6 heteroatoms. The predicted molar refractivity (Wildman–Crippen MR) is 73.8 cm³/mol. The first-order valence-corrected chi connectivity index (χ1v) is 6.49. The minimum atomic E-state index is -0.467. The minimum absolute atomic E-state index is 0.136. The fourth-order valence-corrected chi connectivity index (χ4v) is 1.63. The summed E-state index contributed by atoms with van der Waals surface area (Å²) in [5.41, 5.74) is 0.620. The van der Waals surface area contributed by atoms with Crippen molar-refractivity contribution in [3.63, 3.8) is 0 Å². The lowest BCUT2D eigenvalue weighted by Crippen LogP contribution is -2.41. The number of aromatic amines is 1. The highest BCUT2D eigenvalue weighted by atomic mass is 16.6. The summed E-state index contributed by atoms with van der Waals surface area (Å²) in [7, 11) is 0. The zero-order valence-corrected chi connectivity index (χ0v) is 12.3. The van der Waals surface area contributed by atoms with Crippen LogP contribution in [0.1, 0.15) is 46.2 Å². The Bertz CT molecular complexity index is 384. The molecule has 0 aliphatic heterocycles. The normalized spacial score (nSPS) is 14.8. The third kappa shape index (κ3) is 6.24. The lowest BCUT2D eigenvalue weighted by molar-refractivity contribution is 0.0522. The largest absolute Gasteiger partial charge is 0.444 e. The lowest BCUT2D eigenvalue weighted by Gasteiger charge is -2.22. The second kappa shape index (κ2) is 6.56.